The lowest BCUT2D eigenvalue weighted by molar-refractivity contribution is 0.402. The molecule has 0 unspecified atom stereocenters. The monoisotopic (exact) mass is 252 g/mol. The predicted molar refractivity (Wildman–Crippen MR) is 60.9 cm³/mol. The quantitative estimate of drug-likeness (QED) is 0.864. The number of hydrogen-bond donors (Lipinski definition) is 1. The highest BCUT2D eigenvalue weighted by Crippen LogP contribution is 2.48. The van der Waals surface area contributed by atoms with Crippen molar-refractivity contribution in [1.29, 1.82) is 5.26 Å². The Kier molecular flexibility index (Phi) is 2.60. The minimum absolute atomic E-state index is 0.0703. The van der Waals surface area contributed by atoms with E-state index in [2.05, 4.69) is 6.07 Å². The van der Waals surface area contributed by atoms with Crippen molar-refractivity contribution in [2.24, 2.45) is 5.14 Å². The van der Waals surface area contributed by atoms with E-state index in [4.69, 9.17) is 15.1 Å². The molecule has 0 heterocycles. The van der Waals surface area contributed by atoms with Crippen molar-refractivity contribution < 1.29 is 13.2 Å². The van der Waals surface area contributed by atoms with Crippen molar-refractivity contribution in [1.82, 2.24) is 0 Å². The molecule has 0 radical (unpaired) electrons. The maximum Gasteiger partial charge on any atom is 0.241 e. The van der Waals surface area contributed by atoms with E-state index in [1.54, 1.807) is 6.07 Å². The van der Waals surface area contributed by atoms with E-state index in [9.17, 15) is 8.42 Å². The maximum absolute atomic E-state index is 11.4. The van der Waals surface area contributed by atoms with Crippen LogP contribution >= 0.6 is 0 Å². The molecule has 1 aromatic carbocycles. The summed E-state index contributed by atoms with van der Waals surface area (Å²) in [7, 11) is -2.47. The summed E-state index contributed by atoms with van der Waals surface area (Å²) < 4.78 is 27.8. The number of hydrogen-bond acceptors (Lipinski definition) is 4. The first-order chi connectivity index (χ1) is 7.93. The van der Waals surface area contributed by atoms with Crippen molar-refractivity contribution in [2.45, 2.75) is 23.2 Å². The summed E-state index contributed by atoms with van der Waals surface area (Å²) in [5.74, 6) is 0.199. The lowest BCUT2D eigenvalue weighted by Crippen LogP contribution is -2.15. The zero-order valence-corrected chi connectivity index (χ0v) is 10.1. The van der Waals surface area contributed by atoms with Gasteiger partial charge in [0.15, 0.2) is 0 Å². The Bertz CT molecular complexity index is 598. The molecule has 17 heavy (non-hydrogen) atoms. The van der Waals surface area contributed by atoms with Crippen LogP contribution in [0.3, 0.4) is 0 Å². The summed E-state index contributed by atoms with van der Waals surface area (Å²) >= 11 is 0. The van der Waals surface area contributed by atoms with E-state index in [1.807, 2.05) is 0 Å². The topological polar surface area (TPSA) is 93.2 Å². The summed E-state index contributed by atoms with van der Waals surface area (Å²) in [6, 6.07) is 6.89. The molecule has 0 atom stereocenters. The van der Waals surface area contributed by atoms with Gasteiger partial charge in [0, 0.05) is 0 Å². The van der Waals surface area contributed by atoms with Crippen molar-refractivity contribution in [3.8, 4) is 11.8 Å². The zero-order valence-electron chi connectivity index (χ0n) is 9.30. The van der Waals surface area contributed by atoms with E-state index in [-0.39, 0.29) is 10.6 Å². The second-order valence-electron chi connectivity index (χ2n) is 4.10. The second kappa shape index (κ2) is 3.72. The molecule has 6 heteroatoms. The molecule has 2 rings (SSSR count). The fraction of sp³-hybridized carbons (Fsp3) is 0.364. The van der Waals surface area contributed by atoms with Gasteiger partial charge in [0.05, 0.1) is 18.6 Å². The van der Waals surface area contributed by atoms with Gasteiger partial charge in [-0.1, -0.05) is 6.07 Å². The van der Waals surface area contributed by atoms with Gasteiger partial charge in [-0.05, 0) is 30.5 Å². The van der Waals surface area contributed by atoms with Crippen molar-refractivity contribution in [2.75, 3.05) is 7.11 Å². The molecule has 0 spiro atoms. The smallest absolute Gasteiger partial charge is 0.241 e. The molecule has 0 amide bonds. The molecular formula is C11H12N2O3S. The fourth-order valence-corrected chi connectivity index (χ4v) is 2.51. The van der Waals surface area contributed by atoms with E-state index < -0.39 is 15.4 Å². The number of ether oxygens (including phenoxy) is 1. The van der Waals surface area contributed by atoms with E-state index in [1.165, 1.54) is 19.2 Å². The first-order valence-corrected chi connectivity index (χ1v) is 6.60. The van der Waals surface area contributed by atoms with Gasteiger partial charge >= 0.3 is 0 Å². The largest absolute Gasteiger partial charge is 0.495 e. The van der Waals surface area contributed by atoms with Crippen LogP contribution in [-0.4, -0.2) is 15.5 Å². The molecule has 0 aliphatic heterocycles. The van der Waals surface area contributed by atoms with Crippen LogP contribution in [0.4, 0.5) is 0 Å². The Balaban J connectivity index is 2.58. The highest BCUT2D eigenvalue weighted by atomic mass is 32.2. The van der Waals surface area contributed by atoms with Crippen LogP contribution in [0.1, 0.15) is 18.4 Å². The van der Waals surface area contributed by atoms with Crippen molar-refractivity contribution in [3.63, 3.8) is 0 Å². The fourth-order valence-electron chi connectivity index (χ4n) is 1.79. The number of benzene rings is 1. The van der Waals surface area contributed by atoms with Crippen LogP contribution in [-0.2, 0) is 15.4 Å². The standard InChI is InChI=1S/C11H12N2O3S/c1-16-9-3-2-8(11(7-12)4-5-11)6-10(9)17(13,14)15/h2-3,6H,4-5H2,1H3,(H2,13,14,15). The average Bonchev–Trinajstić information content (AvgIpc) is 3.08. The molecule has 1 saturated carbocycles. The third-order valence-electron chi connectivity index (χ3n) is 2.99. The molecule has 5 nitrogen and oxygen atoms in total. The second-order valence-corrected chi connectivity index (χ2v) is 5.63. The number of primary sulfonamides is 1. The van der Waals surface area contributed by atoms with Crippen LogP contribution < -0.4 is 9.88 Å². The van der Waals surface area contributed by atoms with Crippen molar-refractivity contribution in [3.05, 3.63) is 23.8 Å². The minimum Gasteiger partial charge on any atom is -0.495 e. The van der Waals surface area contributed by atoms with Gasteiger partial charge < -0.3 is 4.74 Å². The van der Waals surface area contributed by atoms with Crippen LogP contribution in [0.15, 0.2) is 23.1 Å². The van der Waals surface area contributed by atoms with E-state index in [0.717, 1.165) is 12.8 Å². The summed E-state index contributed by atoms with van der Waals surface area (Å²) in [5, 5.41) is 14.2. The summed E-state index contributed by atoms with van der Waals surface area (Å²) in [6.45, 7) is 0. The maximum atomic E-state index is 11.4. The minimum atomic E-state index is -3.84. The van der Waals surface area contributed by atoms with Gasteiger partial charge in [0.2, 0.25) is 10.0 Å². The summed E-state index contributed by atoms with van der Waals surface area (Å²) in [4.78, 5) is -0.0703. The Labute approximate surface area is 99.9 Å². The van der Waals surface area contributed by atoms with Gasteiger partial charge in [-0.15, -0.1) is 0 Å². The van der Waals surface area contributed by atoms with Gasteiger partial charge in [0.1, 0.15) is 10.6 Å². The number of sulfonamides is 1. The van der Waals surface area contributed by atoms with Gasteiger partial charge in [0.25, 0.3) is 0 Å². The molecule has 0 saturated heterocycles. The third kappa shape index (κ3) is 1.99. The average molecular weight is 252 g/mol. The molecule has 1 aliphatic rings. The number of nitrogens with zero attached hydrogens (tertiary/aromatic N) is 1. The molecule has 2 N–H and O–H groups in total. The van der Waals surface area contributed by atoms with Gasteiger partial charge in [-0.3, -0.25) is 0 Å². The van der Waals surface area contributed by atoms with Gasteiger partial charge in [-0.25, -0.2) is 13.6 Å². The normalized spacial score (nSPS) is 17.2. The third-order valence-corrected chi connectivity index (χ3v) is 3.92. The first kappa shape index (κ1) is 11.9. The number of nitrogens with two attached hydrogens (primary N) is 1. The number of rotatable bonds is 3. The highest BCUT2D eigenvalue weighted by molar-refractivity contribution is 7.89. The highest BCUT2D eigenvalue weighted by Gasteiger charge is 2.45. The lowest BCUT2D eigenvalue weighted by atomic mass is 9.98. The van der Waals surface area contributed by atoms with Gasteiger partial charge in [-0.2, -0.15) is 5.26 Å². The van der Waals surface area contributed by atoms with Crippen molar-refractivity contribution >= 4 is 10.0 Å². The van der Waals surface area contributed by atoms with E-state index >= 15 is 0 Å². The molecule has 0 bridgehead atoms. The number of methoxy groups -OCH3 is 1. The Hall–Kier alpha value is -1.58. The molecule has 0 aromatic heterocycles. The molecule has 1 aliphatic carbocycles. The first-order valence-electron chi connectivity index (χ1n) is 5.05. The summed E-state index contributed by atoms with van der Waals surface area (Å²) in [6.07, 6.45) is 1.50. The number of nitriles is 1. The SMILES string of the molecule is COc1ccc(C2(C#N)CC2)cc1S(N)(=O)=O. The predicted octanol–water partition coefficient (Wildman–Crippen LogP) is 0.898. The molecular weight excluding hydrogens is 240 g/mol. The molecule has 1 aromatic rings. The van der Waals surface area contributed by atoms with Crippen LogP contribution in [0.5, 0.6) is 5.75 Å². The lowest BCUT2D eigenvalue weighted by Gasteiger charge is -2.11. The Morgan fingerprint density at radius 2 is 2.12 bits per heavy atom. The van der Waals surface area contributed by atoms with E-state index in [0.29, 0.717) is 5.56 Å². The molecule has 1 fully saturated rings. The van der Waals surface area contributed by atoms with Crippen LogP contribution in [0.2, 0.25) is 0 Å². The van der Waals surface area contributed by atoms with Crippen LogP contribution in [0.25, 0.3) is 0 Å². The van der Waals surface area contributed by atoms with Crippen LogP contribution in [0, 0.1) is 11.3 Å². The zero-order chi connectivity index (χ0) is 12.7. The Morgan fingerprint density at radius 1 is 1.47 bits per heavy atom. The Morgan fingerprint density at radius 3 is 2.53 bits per heavy atom. The molecule has 90 valence electrons. The summed E-state index contributed by atoms with van der Waals surface area (Å²) in [5.41, 5.74) is 0.149.